The molecule has 0 aliphatic heterocycles. The minimum atomic E-state index is -0.210. The van der Waals surface area contributed by atoms with Crippen molar-refractivity contribution in [2.24, 2.45) is 16.7 Å². The molecule has 3 rings (SSSR count). The van der Waals surface area contributed by atoms with Crippen molar-refractivity contribution in [2.75, 3.05) is 7.11 Å². The number of carbonyl (C=O) groups excluding carboxylic acids is 1. The number of nitrogens with one attached hydrogen (secondary N) is 1. The lowest BCUT2D eigenvalue weighted by molar-refractivity contribution is 0.0951. The quantitative estimate of drug-likeness (QED) is 0.226. The summed E-state index contributed by atoms with van der Waals surface area (Å²) < 4.78 is 5.14. The highest BCUT2D eigenvalue weighted by Gasteiger charge is 2.09. The molecular weight excluding hydrogens is 388 g/mol. The van der Waals surface area contributed by atoms with Crippen molar-refractivity contribution in [3.05, 3.63) is 81.8 Å². The van der Waals surface area contributed by atoms with Crippen molar-refractivity contribution in [3.63, 3.8) is 0 Å². The second kappa shape index (κ2) is 9.67. The van der Waals surface area contributed by atoms with E-state index in [0.717, 1.165) is 16.3 Å². The molecule has 2 aromatic carbocycles. The lowest BCUT2D eigenvalue weighted by atomic mass is 10.1. The number of ether oxygens (including phenoxy) is 1. The molecule has 5 N–H and O–H groups in total. The summed E-state index contributed by atoms with van der Waals surface area (Å²) in [6.45, 7) is 0.751. The van der Waals surface area contributed by atoms with E-state index in [1.165, 1.54) is 16.5 Å². The van der Waals surface area contributed by atoms with Crippen LogP contribution in [0.1, 0.15) is 26.5 Å². The third kappa shape index (κ3) is 5.77. The van der Waals surface area contributed by atoms with E-state index in [9.17, 15) is 4.79 Å². The van der Waals surface area contributed by atoms with Gasteiger partial charge in [0.05, 0.1) is 20.2 Å². The zero-order valence-corrected chi connectivity index (χ0v) is 16.7. The number of aromatic nitrogens is 1. The number of rotatable bonds is 8. The maximum Gasteiger partial charge on any atom is 0.251 e. The highest BCUT2D eigenvalue weighted by Crippen LogP contribution is 2.13. The Hall–Kier alpha value is -3.43. The first-order valence-corrected chi connectivity index (χ1v) is 9.69. The monoisotopic (exact) mass is 410 g/mol. The average molecular weight is 411 g/mol. The number of hydrogen-bond donors (Lipinski definition) is 3. The lowest BCUT2D eigenvalue weighted by Crippen LogP contribution is -2.29. The van der Waals surface area contributed by atoms with E-state index in [4.69, 9.17) is 16.3 Å². The molecule has 0 saturated carbocycles. The second-order valence-electron chi connectivity index (χ2n) is 6.12. The molecule has 0 radical (unpaired) electrons. The van der Waals surface area contributed by atoms with E-state index in [0.29, 0.717) is 24.2 Å². The number of thiazole rings is 1. The largest absolute Gasteiger partial charge is 0.497 e. The van der Waals surface area contributed by atoms with Crippen LogP contribution in [0.4, 0.5) is 0 Å². The zero-order chi connectivity index (χ0) is 20.6. The van der Waals surface area contributed by atoms with E-state index in [1.54, 1.807) is 37.6 Å². The van der Waals surface area contributed by atoms with Gasteiger partial charge < -0.3 is 15.8 Å². The summed E-state index contributed by atoms with van der Waals surface area (Å²) in [7, 11) is 1.61. The molecule has 0 aliphatic rings. The molecule has 1 amide bonds. The number of nitrogens with two attached hydrogens (primary N) is 2. The standard InChI is InChI=1S/C20H22N6O2S/c1-28-17-7-5-14(6-8-17)13-26(22)25-19(21)15-3-2-4-16(11-15)20(27)24-12-18-23-9-10-29-18/h2-11H,12-13,22H2,1H3,(H2,21,25)(H,24,27). The first-order valence-electron chi connectivity index (χ1n) is 8.81. The predicted molar refractivity (Wildman–Crippen MR) is 113 cm³/mol. The molecule has 29 heavy (non-hydrogen) atoms. The summed E-state index contributed by atoms with van der Waals surface area (Å²) in [6.07, 6.45) is 1.70. The highest BCUT2D eigenvalue weighted by molar-refractivity contribution is 7.09. The minimum absolute atomic E-state index is 0.210. The Balaban J connectivity index is 1.63. The maximum atomic E-state index is 12.4. The summed E-state index contributed by atoms with van der Waals surface area (Å²) in [5.74, 6) is 6.74. The van der Waals surface area contributed by atoms with Gasteiger partial charge in [-0.3, -0.25) is 4.79 Å². The summed E-state index contributed by atoms with van der Waals surface area (Å²) in [6, 6.07) is 14.4. The van der Waals surface area contributed by atoms with Crippen molar-refractivity contribution in [1.29, 1.82) is 0 Å². The Morgan fingerprint density at radius 1 is 1.24 bits per heavy atom. The van der Waals surface area contributed by atoms with Gasteiger partial charge in [-0.1, -0.05) is 24.3 Å². The average Bonchev–Trinajstić information content (AvgIpc) is 3.26. The smallest absolute Gasteiger partial charge is 0.251 e. The van der Waals surface area contributed by atoms with Crippen LogP contribution in [0.2, 0.25) is 0 Å². The van der Waals surface area contributed by atoms with Crippen molar-refractivity contribution >= 4 is 23.1 Å². The van der Waals surface area contributed by atoms with Crippen molar-refractivity contribution in [3.8, 4) is 5.75 Å². The van der Waals surface area contributed by atoms with Crippen LogP contribution in [0, 0.1) is 0 Å². The van der Waals surface area contributed by atoms with Crippen molar-refractivity contribution < 1.29 is 9.53 Å². The van der Waals surface area contributed by atoms with Crippen molar-refractivity contribution in [2.45, 2.75) is 13.1 Å². The predicted octanol–water partition coefficient (Wildman–Crippen LogP) is 2.08. The Bertz CT molecular complexity index is 973. The van der Waals surface area contributed by atoms with Crippen molar-refractivity contribution in [1.82, 2.24) is 15.4 Å². The van der Waals surface area contributed by atoms with E-state index in [-0.39, 0.29) is 11.7 Å². The SMILES string of the molecule is COc1ccc(CN(N)/N=C(\N)c2cccc(C(=O)NCc3nccs3)c2)cc1. The van der Waals surface area contributed by atoms with Gasteiger partial charge in [0.25, 0.3) is 5.91 Å². The highest BCUT2D eigenvalue weighted by atomic mass is 32.1. The number of hydrogen-bond acceptors (Lipinski definition) is 7. The number of hydrazine groups is 1. The molecule has 0 aliphatic carbocycles. The normalized spacial score (nSPS) is 11.2. The Labute approximate surface area is 172 Å². The molecule has 150 valence electrons. The summed E-state index contributed by atoms with van der Waals surface area (Å²) in [4.78, 5) is 16.5. The Kier molecular flexibility index (Phi) is 6.77. The van der Waals surface area contributed by atoms with Crippen LogP contribution in [-0.2, 0) is 13.1 Å². The fourth-order valence-corrected chi connectivity index (χ4v) is 3.12. The molecule has 0 bridgehead atoms. The first kappa shape index (κ1) is 20.3. The molecule has 0 fully saturated rings. The van der Waals surface area contributed by atoms with Gasteiger partial charge >= 0.3 is 0 Å². The third-order valence-corrected chi connectivity index (χ3v) is 4.82. The van der Waals surface area contributed by atoms with Gasteiger partial charge in [0.1, 0.15) is 10.8 Å². The molecule has 1 aromatic heterocycles. The second-order valence-corrected chi connectivity index (χ2v) is 7.10. The van der Waals surface area contributed by atoms with Gasteiger partial charge in [0.2, 0.25) is 0 Å². The summed E-state index contributed by atoms with van der Waals surface area (Å²) in [5.41, 5.74) is 8.13. The summed E-state index contributed by atoms with van der Waals surface area (Å²) in [5, 5.41) is 11.0. The third-order valence-electron chi connectivity index (χ3n) is 4.04. The number of hydrazone groups is 1. The number of methoxy groups -OCH3 is 1. The van der Waals surface area contributed by atoms with Gasteiger partial charge in [0, 0.05) is 22.7 Å². The molecule has 8 nitrogen and oxygen atoms in total. The van der Waals surface area contributed by atoms with Gasteiger partial charge in [-0.15, -0.1) is 16.4 Å². The number of amides is 1. The van der Waals surface area contributed by atoms with Crippen LogP contribution < -0.4 is 21.6 Å². The number of amidine groups is 1. The van der Waals surface area contributed by atoms with Gasteiger partial charge in [-0.25, -0.2) is 15.9 Å². The Morgan fingerprint density at radius 3 is 2.69 bits per heavy atom. The summed E-state index contributed by atoms with van der Waals surface area (Å²) >= 11 is 1.49. The van der Waals surface area contributed by atoms with Crippen LogP contribution in [0.25, 0.3) is 0 Å². The van der Waals surface area contributed by atoms with Gasteiger partial charge in [-0.05, 0) is 29.8 Å². The number of benzene rings is 2. The minimum Gasteiger partial charge on any atom is -0.497 e. The van der Waals surface area contributed by atoms with Gasteiger partial charge in [0.15, 0.2) is 5.84 Å². The molecule has 1 heterocycles. The molecule has 0 spiro atoms. The molecule has 3 aromatic rings. The lowest BCUT2D eigenvalue weighted by Gasteiger charge is -2.14. The Morgan fingerprint density at radius 2 is 2.00 bits per heavy atom. The van der Waals surface area contributed by atoms with Crippen LogP contribution in [0.15, 0.2) is 65.2 Å². The maximum absolute atomic E-state index is 12.4. The van der Waals surface area contributed by atoms with Crippen LogP contribution >= 0.6 is 11.3 Å². The van der Waals surface area contributed by atoms with E-state index in [2.05, 4.69) is 15.4 Å². The molecule has 0 unspecified atom stereocenters. The molecular formula is C20H22N6O2S. The molecule has 0 saturated heterocycles. The van der Waals surface area contributed by atoms with E-state index in [1.807, 2.05) is 29.6 Å². The van der Waals surface area contributed by atoms with E-state index < -0.39 is 0 Å². The van der Waals surface area contributed by atoms with Gasteiger partial charge in [-0.2, -0.15) is 0 Å². The van der Waals surface area contributed by atoms with E-state index >= 15 is 0 Å². The fraction of sp³-hybridized carbons (Fsp3) is 0.150. The topological polar surface area (TPSA) is 119 Å². The molecule has 9 heteroatoms. The van der Waals surface area contributed by atoms with Crippen LogP contribution in [-0.4, -0.2) is 29.0 Å². The van der Waals surface area contributed by atoms with Crippen LogP contribution in [0.3, 0.4) is 0 Å². The molecule has 0 atom stereocenters. The zero-order valence-electron chi connectivity index (χ0n) is 15.9. The fourth-order valence-electron chi connectivity index (χ4n) is 2.57. The first-order chi connectivity index (χ1) is 14.0. The number of carbonyl (C=O) groups is 1. The number of nitrogens with zero attached hydrogens (tertiary/aromatic N) is 3. The van der Waals surface area contributed by atoms with Crippen LogP contribution in [0.5, 0.6) is 5.75 Å².